The topological polar surface area (TPSA) is 74.0 Å². The van der Waals surface area contributed by atoms with E-state index in [1.807, 2.05) is 0 Å². The second-order valence-corrected chi connectivity index (χ2v) is 4.87. The van der Waals surface area contributed by atoms with Crippen LogP contribution in [0.15, 0.2) is 12.3 Å². The summed E-state index contributed by atoms with van der Waals surface area (Å²) in [5.74, 6) is -0.140. The van der Waals surface area contributed by atoms with Crippen molar-refractivity contribution in [2.24, 2.45) is 0 Å². The fourth-order valence-corrected chi connectivity index (χ4v) is 1.74. The number of hydrogen-bond acceptors (Lipinski definition) is 2. The van der Waals surface area contributed by atoms with E-state index in [2.05, 4.69) is 15.6 Å². The molecular formula is C12H16ClN3O2. The van der Waals surface area contributed by atoms with Crippen molar-refractivity contribution in [3.05, 3.63) is 23.0 Å². The van der Waals surface area contributed by atoms with Crippen LogP contribution >= 0.6 is 11.6 Å². The fraction of sp³-hybridized carbons (Fsp3) is 0.500. The molecule has 0 bridgehead atoms. The molecule has 1 aliphatic rings. The standard InChI is InChI=1S/C12H16ClN3O2/c13-8-6-10(15-7-8)12(18)14-5-1-2-11(17)16-9-3-4-9/h6-7,9,15H,1-5H2,(H,14,18)(H,16,17). The van der Waals surface area contributed by atoms with E-state index >= 15 is 0 Å². The second kappa shape index (κ2) is 5.91. The Balaban J connectivity index is 1.59. The van der Waals surface area contributed by atoms with E-state index in [1.165, 1.54) is 0 Å². The van der Waals surface area contributed by atoms with Crippen molar-refractivity contribution in [3.8, 4) is 0 Å². The van der Waals surface area contributed by atoms with Crippen LogP contribution in [0, 0.1) is 0 Å². The van der Waals surface area contributed by atoms with Gasteiger partial charge in [-0.05, 0) is 25.3 Å². The second-order valence-electron chi connectivity index (χ2n) is 4.43. The Kier molecular flexibility index (Phi) is 4.25. The van der Waals surface area contributed by atoms with E-state index in [4.69, 9.17) is 11.6 Å². The summed E-state index contributed by atoms with van der Waals surface area (Å²) >= 11 is 5.70. The summed E-state index contributed by atoms with van der Waals surface area (Å²) in [6, 6.07) is 1.96. The highest BCUT2D eigenvalue weighted by Crippen LogP contribution is 2.18. The zero-order valence-corrected chi connectivity index (χ0v) is 10.7. The van der Waals surface area contributed by atoms with Gasteiger partial charge < -0.3 is 15.6 Å². The summed E-state index contributed by atoms with van der Waals surface area (Å²) in [6.45, 7) is 0.480. The Hall–Kier alpha value is -1.49. The van der Waals surface area contributed by atoms with E-state index in [0.717, 1.165) is 12.8 Å². The third-order valence-corrected chi connectivity index (χ3v) is 2.92. The van der Waals surface area contributed by atoms with Gasteiger partial charge >= 0.3 is 0 Å². The number of carbonyl (C=O) groups is 2. The molecule has 0 spiro atoms. The minimum Gasteiger partial charge on any atom is -0.356 e. The zero-order valence-electron chi connectivity index (χ0n) is 9.96. The summed E-state index contributed by atoms with van der Waals surface area (Å²) in [5, 5.41) is 6.13. The number of nitrogens with one attached hydrogen (secondary N) is 3. The van der Waals surface area contributed by atoms with E-state index < -0.39 is 0 Å². The van der Waals surface area contributed by atoms with Crippen LogP contribution in [0.3, 0.4) is 0 Å². The van der Waals surface area contributed by atoms with Crippen LogP contribution in [0.5, 0.6) is 0 Å². The summed E-state index contributed by atoms with van der Waals surface area (Å²) in [4.78, 5) is 25.7. The number of carbonyl (C=O) groups excluding carboxylic acids is 2. The molecule has 3 N–H and O–H groups in total. The van der Waals surface area contributed by atoms with Crippen molar-refractivity contribution in [1.82, 2.24) is 15.6 Å². The highest BCUT2D eigenvalue weighted by atomic mass is 35.5. The van der Waals surface area contributed by atoms with Gasteiger partial charge in [0.2, 0.25) is 5.91 Å². The molecule has 18 heavy (non-hydrogen) atoms. The van der Waals surface area contributed by atoms with Gasteiger partial charge in [-0.1, -0.05) is 11.6 Å². The molecule has 2 rings (SSSR count). The molecule has 98 valence electrons. The molecule has 1 aliphatic carbocycles. The van der Waals surface area contributed by atoms with Gasteiger partial charge in [0, 0.05) is 25.2 Å². The van der Waals surface area contributed by atoms with Gasteiger partial charge in [-0.2, -0.15) is 0 Å². The highest BCUT2D eigenvalue weighted by Gasteiger charge is 2.22. The van der Waals surface area contributed by atoms with E-state index in [0.29, 0.717) is 36.1 Å². The quantitative estimate of drug-likeness (QED) is 0.684. The van der Waals surface area contributed by atoms with Gasteiger partial charge in [0.25, 0.3) is 5.91 Å². The lowest BCUT2D eigenvalue weighted by atomic mass is 10.3. The van der Waals surface area contributed by atoms with Crippen LogP contribution in [0.2, 0.25) is 5.02 Å². The SMILES string of the molecule is O=C(CCCNC(=O)c1cc(Cl)c[nH]1)NC1CC1. The molecule has 0 radical (unpaired) electrons. The minimum atomic E-state index is -0.204. The monoisotopic (exact) mass is 269 g/mol. The molecule has 2 amide bonds. The lowest BCUT2D eigenvalue weighted by Crippen LogP contribution is -2.28. The molecule has 0 unspecified atom stereocenters. The predicted molar refractivity (Wildman–Crippen MR) is 68.5 cm³/mol. The van der Waals surface area contributed by atoms with Crippen molar-refractivity contribution in [2.75, 3.05) is 6.54 Å². The highest BCUT2D eigenvalue weighted by molar-refractivity contribution is 6.30. The molecule has 0 aromatic carbocycles. The van der Waals surface area contributed by atoms with Crippen molar-refractivity contribution < 1.29 is 9.59 Å². The zero-order chi connectivity index (χ0) is 13.0. The molecule has 1 aromatic rings. The van der Waals surface area contributed by atoms with Crippen LogP contribution in [0.4, 0.5) is 0 Å². The first-order valence-corrected chi connectivity index (χ1v) is 6.44. The molecule has 0 saturated heterocycles. The molecule has 6 heteroatoms. The van der Waals surface area contributed by atoms with Crippen LogP contribution in [-0.4, -0.2) is 29.4 Å². The normalized spacial score (nSPS) is 14.3. The first-order chi connectivity index (χ1) is 8.65. The maximum Gasteiger partial charge on any atom is 0.267 e. The van der Waals surface area contributed by atoms with Gasteiger partial charge in [0.15, 0.2) is 0 Å². The molecule has 1 aromatic heterocycles. The lowest BCUT2D eigenvalue weighted by molar-refractivity contribution is -0.121. The van der Waals surface area contributed by atoms with Gasteiger partial charge in [-0.3, -0.25) is 9.59 Å². The first-order valence-electron chi connectivity index (χ1n) is 6.06. The van der Waals surface area contributed by atoms with E-state index in [1.54, 1.807) is 12.3 Å². The summed E-state index contributed by atoms with van der Waals surface area (Å²) in [5.41, 5.74) is 0.433. The molecular weight excluding hydrogens is 254 g/mol. The average molecular weight is 270 g/mol. The number of rotatable bonds is 6. The smallest absolute Gasteiger partial charge is 0.267 e. The molecule has 0 atom stereocenters. The Bertz CT molecular complexity index is 440. The average Bonchev–Trinajstić information content (AvgIpc) is 3.03. The summed E-state index contributed by atoms with van der Waals surface area (Å²) < 4.78 is 0. The Morgan fingerprint density at radius 2 is 2.22 bits per heavy atom. The lowest BCUT2D eigenvalue weighted by Gasteiger charge is -2.04. The van der Waals surface area contributed by atoms with Gasteiger partial charge in [-0.15, -0.1) is 0 Å². The van der Waals surface area contributed by atoms with Crippen LogP contribution in [0.1, 0.15) is 36.2 Å². The number of H-pyrrole nitrogens is 1. The van der Waals surface area contributed by atoms with Crippen molar-refractivity contribution in [2.45, 2.75) is 31.7 Å². The largest absolute Gasteiger partial charge is 0.356 e. The predicted octanol–water partition coefficient (Wildman–Crippen LogP) is 1.46. The van der Waals surface area contributed by atoms with Crippen LogP contribution in [-0.2, 0) is 4.79 Å². The number of aromatic nitrogens is 1. The van der Waals surface area contributed by atoms with Crippen LogP contribution in [0.25, 0.3) is 0 Å². The van der Waals surface area contributed by atoms with Crippen molar-refractivity contribution in [3.63, 3.8) is 0 Å². The summed E-state index contributed by atoms with van der Waals surface area (Å²) in [7, 11) is 0. The molecule has 5 nitrogen and oxygen atoms in total. The Labute approximate surface area is 110 Å². The maximum atomic E-state index is 11.6. The number of halogens is 1. The number of hydrogen-bond donors (Lipinski definition) is 3. The maximum absolute atomic E-state index is 11.6. The molecule has 1 heterocycles. The van der Waals surface area contributed by atoms with E-state index in [9.17, 15) is 9.59 Å². The van der Waals surface area contributed by atoms with Gasteiger partial charge in [-0.25, -0.2) is 0 Å². The van der Waals surface area contributed by atoms with Crippen molar-refractivity contribution in [1.29, 1.82) is 0 Å². The van der Waals surface area contributed by atoms with Gasteiger partial charge in [0.1, 0.15) is 5.69 Å². The Morgan fingerprint density at radius 3 is 2.83 bits per heavy atom. The first kappa shape index (κ1) is 13.0. The third kappa shape index (κ3) is 4.07. The molecule has 1 fully saturated rings. The Morgan fingerprint density at radius 1 is 1.44 bits per heavy atom. The number of aromatic amines is 1. The van der Waals surface area contributed by atoms with E-state index in [-0.39, 0.29) is 11.8 Å². The number of amides is 2. The minimum absolute atomic E-state index is 0.0645. The van der Waals surface area contributed by atoms with Crippen LogP contribution < -0.4 is 10.6 Å². The summed E-state index contributed by atoms with van der Waals surface area (Å²) in [6.07, 6.45) is 4.83. The molecule has 1 saturated carbocycles. The fourth-order valence-electron chi connectivity index (χ4n) is 1.57. The van der Waals surface area contributed by atoms with Gasteiger partial charge in [0.05, 0.1) is 5.02 Å². The van der Waals surface area contributed by atoms with Crippen molar-refractivity contribution >= 4 is 23.4 Å². The third-order valence-electron chi connectivity index (χ3n) is 2.70. The molecule has 0 aliphatic heterocycles.